The lowest BCUT2D eigenvalue weighted by molar-refractivity contribution is -0.131. The fraction of sp³-hybridized carbons (Fsp3) is 0.500. The van der Waals surface area contributed by atoms with Crippen molar-refractivity contribution in [3.8, 4) is 0 Å². The lowest BCUT2D eigenvalue weighted by Gasteiger charge is -2.27. The predicted molar refractivity (Wildman–Crippen MR) is 77.6 cm³/mol. The molecule has 0 spiro atoms. The van der Waals surface area contributed by atoms with Gasteiger partial charge in [-0.25, -0.2) is 0 Å². The van der Waals surface area contributed by atoms with E-state index in [0.717, 1.165) is 10.0 Å². The first-order chi connectivity index (χ1) is 8.93. The Morgan fingerprint density at radius 2 is 2.16 bits per heavy atom. The molecule has 0 saturated carbocycles. The van der Waals surface area contributed by atoms with Crippen LogP contribution in [0, 0.1) is 5.41 Å². The Kier molecular flexibility index (Phi) is 4.28. The molecule has 0 radical (unpaired) electrons. The Hall–Kier alpha value is -0.910. The van der Waals surface area contributed by atoms with Crippen LogP contribution in [-0.4, -0.2) is 25.2 Å². The molecule has 4 nitrogen and oxygen atoms in total. The molecule has 2 unspecified atom stereocenters. The molecule has 1 aromatic carbocycles. The van der Waals surface area contributed by atoms with Gasteiger partial charge in [0.1, 0.15) is 0 Å². The highest BCUT2D eigenvalue weighted by Gasteiger charge is 2.44. The van der Waals surface area contributed by atoms with Crippen molar-refractivity contribution in [2.75, 3.05) is 13.2 Å². The van der Waals surface area contributed by atoms with E-state index >= 15 is 0 Å². The van der Waals surface area contributed by atoms with Gasteiger partial charge in [-0.3, -0.25) is 4.79 Å². The molecule has 2 rings (SSSR count). The third-order valence-electron chi connectivity index (χ3n) is 3.75. The molecule has 0 aromatic heterocycles. The highest BCUT2D eigenvalue weighted by atomic mass is 79.9. The van der Waals surface area contributed by atoms with Crippen LogP contribution >= 0.6 is 15.9 Å². The van der Waals surface area contributed by atoms with Crippen molar-refractivity contribution in [1.82, 2.24) is 5.32 Å². The molecule has 1 aliphatic rings. The van der Waals surface area contributed by atoms with Crippen molar-refractivity contribution in [1.29, 1.82) is 0 Å². The first-order valence-electron chi connectivity index (χ1n) is 6.33. The van der Waals surface area contributed by atoms with Crippen LogP contribution < -0.4 is 11.1 Å². The standard InChI is InChI=1S/C14H19BrN2O2/c1-9(10-3-5-11(15)6-4-10)17-13(18)14(2)8-19-7-12(14)16/h3-6,9,12H,7-8,16H2,1-2H3,(H,17,18)/t9-,12?,14?/m0/s1. The largest absolute Gasteiger partial charge is 0.379 e. The van der Waals surface area contributed by atoms with Crippen LogP contribution in [0.15, 0.2) is 28.7 Å². The quantitative estimate of drug-likeness (QED) is 0.892. The number of carbonyl (C=O) groups is 1. The van der Waals surface area contributed by atoms with Crippen molar-refractivity contribution in [3.63, 3.8) is 0 Å². The average molecular weight is 327 g/mol. The maximum atomic E-state index is 12.3. The molecule has 1 saturated heterocycles. The minimum Gasteiger partial charge on any atom is -0.379 e. The molecular weight excluding hydrogens is 308 g/mol. The Labute approximate surface area is 121 Å². The summed E-state index contributed by atoms with van der Waals surface area (Å²) in [6.07, 6.45) is 0. The molecule has 0 aliphatic carbocycles. The molecule has 1 aliphatic heterocycles. The molecule has 1 fully saturated rings. The van der Waals surface area contributed by atoms with Gasteiger partial charge in [0.25, 0.3) is 0 Å². The van der Waals surface area contributed by atoms with E-state index < -0.39 is 5.41 Å². The van der Waals surface area contributed by atoms with Gasteiger partial charge in [-0.05, 0) is 31.5 Å². The van der Waals surface area contributed by atoms with Crippen molar-refractivity contribution in [2.45, 2.75) is 25.9 Å². The highest BCUT2D eigenvalue weighted by Crippen LogP contribution is 2.28. The fourth-order valence-electron chi connectivity index (χ4n) is 2.12. The third kappa shape index (κ3) is 2.99. The zero-order chi connectivity index (χ0) is 14.0. The summed E-state index contributed by atoms with van der Waals surface area (Å²) in [5.41, 5.74) is 6.38. The van der Waals surface area contributed by atoms with Gasteiger partial charge in [-0.15, -0.1) is 0 Å². The molecule has 1 amide bonds. The summed E-state index contributed by atoms with van der Waals surface area (Å²) in [5, 5.41) is 3.01. The van der Waals surface area contributed by atoms with E-state index in [1.165, 1.54) is 0 Å². The van der Waals surface area contributed by atoms with Gasteiger partial charge in [0.2, 0.25) is 5.91 Å². The van der Waals surface area contributed by atoms with Gasteiger partial charge in [-0.2, -0.15) is 0 Å². The van der Waals surface area contributed by atoms with Crippen LogP contribution in [0.2, 0.25) is 0 Å². The fourth-order valence-corrected chi connectivity index (χ4v) is 2.38. The second-order valence-corrected chi connectivity index (χ2v) is 6.20. The number of carbonyl (C=O) groups excluding carboxylic acids is 1. The normalized spacial score (nSPS) is 28.1. The van der Waals surface area contributed by atoms with Gasteiger partial charge in [0.05, 0.1) is 24.7 Å². The maximum Gasteiger partial charge on any atom is 0.230 e. The smallest absolute Gasteiger partial charge is 0.230 e. The Morgan fingerprint density at radius 3 is 2.68 bits per heavy atom. The summed E-state index contributed by atoms with van der Waals surface area (Å²) >= 11 is 3.40. The van der Waals surface area contributed by atoms with E-state index in [-0.39, 0.29) is 18.0 Å². The van der Waals surface area contributed by atoms with Gasteiger partial charge >= 0.3 is 0 Å². The molecule has 19 heavy (non-hydrogen) atoms. The summed E-state index contributed by atoms with van der Waals surface area (Å²) in [7, 11) is 0. The number of amides is 1. The molecule has 3 N–H and O–H groups in total. The molecule has 104 valence electrons. The first-order valence-corrected chi connectivity index (χ1v) is 7.12. The third-order valence-corrected chi connectivity index (χ3v) is 4.28. The molecular formula is C14H19BrN2O2. The summed E-state index contributed by atoms with van der Waals surface area (Å²) in [5.74, 6) is -0.0482. The maximum absolute atomic E-state index is 12.3. The van der Waals surface area contributed by atoms with Gasteiger partial charge in [-0.1, -0.05) is 28.1 Å². The minimum atomic E-state index is -0.635. The number of rotatable bonds is 3. The van der Waals surface area contributed by atoms with E-state index in [2.05, 4.69) is 21.2 Å². The average Bonchev–Trinajstić information content (AvgIpc) is 2.71. The van der Waals surface area contributed by atoms with Crippen molar-refractivity contribution in [2.24, 2.45) is 11.1 Å². The topological polar surface area (TPSA) is 64.3 Å². The number of ether oxygens (including phenoxy) is 1. The summed E-state index contributed by atoms with van der Waals surface area (Å²) in [4.78, 5) is 12.3. The van der Waals surface area contributed by atoms with E-state index in [1.54, 1.807) is 0 Å². The summed E-state index contributed by atoms with van der Waals surface area (Å²) in [6.45, 7) is 4.64. The summed E-state index contributed by atoms with van der Waals surface area (Å²) in [6, 6.07) is 7.61. The van der Waals surface area contributed by atoms with E-state index in [0.29, 0.717) is 13.2 Å². The first kappa shape index (κ1) is 14.5. The van der Waals surface area contributed by atoms with Crippen LogP contribution in [0.3, 0.4) is 0 Å². The second kappa shape index (κ2) is 5.61. The summed E-state index contributed by atoms with van der Waals surface area (Å²) < 4.78 is 6.33. The molecule has 0 bridgehead atoms. The van der Waals surface area contributed by atoms with E-state index in [1.807, 2.05) is 38.1 Å². The van der Waals surface area contributed by atoms with E-state index in [9.17, 15) is 4.79 Å². The Balaban J connectivity index is 2.04. The van der Waals surface area contributed by atoms with Gasteiger partial charge in [0.15, 0.2) is 0 Å². The molecule has 1 aromatic rings. The number of nitrogens with two attached hydrogens (primary N) is 1. The molecule has 1 heterocycles. The lowest BCUT2D eigenvalue weighted by atomic mass is 9.84. The number of hydrogen-bond donors (Lipinski definition) is 2. The minimum absolute atomic E-state index is 0.0482. The van der Waals surface area contributed by atoms with E-state index in [4.69, 9.17) is 10.5 Å². The number of halogens is 1. The Bertz CT molecular complexity index is 463. The zero-order valence-corrected chi connectivity index (χ0v) is 12.7. The van der Waals surface area contributed by atoms with Crippen LogP contribution in [-0.2, 0) is 9.53 Å². The Morgan fingerprint density at radius 1 is 1.53 bits per heavy atom. The van der Waals surface area contributed by atoms with Crippen LogP contribution in [0.25, 0.3) is 0 Å². The predicted octanol–water partition coefficient (Wildman–Crippen LogP) is 1.99. The van der Waals surface area contributed by atoms with Gasteiger partial charge < -0.3 is 15.8 Å². The number of hydrogen-bond acceptors (Lipinski definition) is 3. The van der Waals surface area contributed by atoms with Crippen molar-refractivity contribution >= 4 is 21.8 Å². The lowest BCUT2D eigenvalue weighted by Crippen LogP contribution is -2.50. The number of benzene rings is 1. The van der Waals surface area contributed by atoms with Crippen LogP contribution in [0.1, 0.15) is 25.5 Å². The van der Waals surface area contributed by atoms with Gasteiger partial charge in [0, 0.05) is 10.5 Å². The second-order valence-electron chi connectivity index (χ2n) is 5.29. The monoisotopic (exact) mass is 326 g/mol. The SMILES string of the molecule is C[C@H](NC(=O)C1(C)COCC1N)c1ccc(Br)cc1. The zero-order valence-electron chi connectivity index (χ0n) is 11.2. The number of nitrogens with one attached hydrogen (secondary N) is 1. The van der Waals surface area contributed by atoms with Crippen LogP contribution in [0.4, 0.5) is 0 Å². The molecule has 3 atom stereocenters. The van der Waals surface area contributed by atoms with Crippen molar-refractivity contribution < 1.29 is 9.53 Å². The highest BCUT2D eigenvalue weighted by molar-refractivity contribution is 9.10. The van der Waals surface area contributed by atoms with Crippen LogP contribution in [0.5, 0.6) is 0 Å². The van der Waals surface area contributed by atoms with Crippen molar-refractivity contribution in [3.05, 3.63) is 34.3 Å². The molecule has 5 heteroatoms.